The summed E-state index contributed by atoms with van der Waals surface area (Å²) in [4.78, 5) is 33.8. The third-order valence-electron chi connectivity index (χ3n) is 2.44. The quantitative estimate of drug-likeness (QED) is 0.603. The Bertz CT molecular complexity index is 482. The first-order valence-electron chi connectivity index (χ1n) is 5.68. The fraction of sp³-hybridized carbons (Fsp3) is 0.308. The van der Waals surface area contributed by atoms with E-state index in [1.54, 1.807) is 24.3 Å². The predicted molar refractivity (Wildman–Crippen MR) is 69.7 cm³/mol. The van der Waals surface area contributed by atoms with Gasteiger partial charge in [0.1, 0.15) is 0 Å². The van der Waals surface area contributed by atoms with E-state index < -0.39 is 12.0 Å². The highest BCUT2D eigenvalue weighted by atomic mass is 16.5. The molecular formula is C13H16N2O4. The summed E-state index contributed by atoms with van der Waals surface area (Å²) in [7, 11) is 1.24. The van der Waals surface area contributed by atoms with Crippen molar-refractivity contribution in [1.29, 1.82) is 0 Å². The highest BCUT2D eigenvalue weighted by molar-refractivity contribution is 6.02. The van der Waals surface area contributed by atoms with Crippen LogP contribution in [0.1, 0.15) is 23.7 Å². The van der Waals surface area contributed by atoms with Crippen molar-refractivity contribution in [2.45, 2.75) is 19.4 Å². The van der Waals surface area contributed by atoms with Crippen LogP contribution in [-0.4, -0.2) is 30.8 Å². The monoisotopic (exact) mass is 264 g/mol. The number of esters is 1. The van der Waals surface area contributed by atoms with E-state index in [0.717, 1.165) is 0 Å². The summed E-state index contributed by atoms with van der Waals surface area (Å²) in [5.74, 6) is -1.07. The molecule has 19 heavy (non-hydrogen) atoms. The Labute approximate surface area is 110 Å². The zero-order valence-corrected chi connectivity index (χ0v) is 10.8. The van der Waals surface area contributed by atoms with Gasteiger partial charge in [-0.1, -0.05) is 0 Å². The van der Waals surface area contributed by atoms with E-state index in [1.807, 2.05) is 0 Å². The van der Waals surface area contributed by atoms with Crippen LogP contribution in [0.25, 0.3) is 0 Å². The molecule has 0 fully saturated rings. The predicted octanol–water partition coefficient (Wildman–Crippen LogP) is 0.718. The van der Waals surface area contributed by atoms with Gasteiger partial charge in [0.15, 0.2) is 5.78 Å². The summed E-state index contributed by atoms with van der Waals surface area (Å²) < 4.78 is 4.45. The lowest BCUT2D eigenvalue weighted by molar-refractivity contribution is -0.140. The smallest absolute Gasteiger partial charge is 0.307 e. The fourth-order valence-corrected chi connectivity index (χ4v) is 1.49. The highest BCUT2D eigenvalue weighted by Crippen LogP contribution is 2.12. The maximum Gasteiger partial charge on any atom is 0.307 e. The lowest BCUT2D eigenvalue weighted by Gasteiger charge is -2.09. The molecule has 0 heterocycles. The summed E-state index contributed by atoms with van der Waals surface area (Å²) in [5, 5.41) is 2.59. The standard InChI is InChI=1S/C13H16N2O4/c1-8(16)15-10-5-3-9(4-6-10)13(18)11(14)7-12(17)19-2/h3-6,11H,7,14H2,1-2H3,(H,15,16). The number of carbonyl (C=O) groups excluding carboxylic acids is 3. The third-order valence-corrected chi connectivity index (χ3v) is 2.44. The normalized spacial score (nSPS) is 11.5. The van der Waals surface area contributed by atoms with E-state index in [9.17, 15) is 14.4 Å². The van der Waals surface area contributed by atoms with Gasteiger partial charge in [-0.15, -0.1) is 0 Å². The highest BCUT2D eigenvalue weighted by Gasteiger charge is 2.19. The molecule has 1 atom stereocenters. The maximum atomic E-state index is 11.9. The summed E-state index contributed by atoms with van der Waals surface area (Å²) in [6.45, 7) is 1.39. The van der Waals surface area contributed by atoms with Gasteiger partial charge in [0.25, 0.3) is 0 Å². The first kappa shape index (κ1) is 14.8. The first-order valence-corrected chi connectivity index (χ1v) is 5.68. The van der Waals surface area contributed by atoms with E-state index in [-0.39, 0.29) is 18.1 Å². The van der Waals surface area contributed by atoms with E-state index in [2.05, 4.69) is 10.1 Å². The van der Waals surface area contributed by atoms with Crippen molar-refractivity contribution in [1.82, 2.24) is 0 Å². The molecule has 1 unspecified atom stereocenters. The number of benzene rings is 1. The van der Waals surface area contributed by atoms with Crippen molar-refractivity contribution >= 4 is 23.3 Å². The van der Waals surface area contributed by atoms with Gasteiger partial charge in [-0.05, 0) is 24.3 Å². The molecule has 1 aromatic carbocycles. The van der Waals surface area contributed by atoms with Crippen LogP contribution >= 0.6 is 0 Å². The number of Topliss-reactive ketones (excluding diaryl/α,β-unsaturated/α-hetero) is 1. The number of nitrogens with two attached hydrogens (primary N) is 1. The zero-order valence-electron chi connectivity index (χ0n) is 10.8. The molecule has 0 aromatic heterocycles. The number of hydrogen-bond acceptors (Lipinski definition) is 5. The Morgan fingerprint density at radius 3 is 2.32 bits per heavy atom. The van der Waals surface area contributed by atoms with Crippen molar-refractivity contribution in [2.75, 3.05) is 12.4 Å². The van der Waals surface area contributed by atoms with Crippen LogP contribution < -0.4 is 11.1 Å². The largest absolute Gasteiger partial charge is 0.469 e. The third kappa shape index (κ3) is 4.51. The van der Waals surface area contributed by atoms with Crippen molar-refractivity contribution < 1.29 is 19.1 Å². The molecule has 6 nitrogen and oxygen atoms in total. The van der Waals surface area contributed by atoms with Crippen LogP contribution in [0.15, 0.2) is 24.3 Å². The molecule has 3 N–H and O–H groups in total. The van der Waals surface area contributed by atoms with Crippen molar-refractivity contribution in [2.24, 2.45) is 5.73 Å². The summed E-state index contributed by atoms with van der Waals surface area (Å²) >= 11 is 0. The van der Waals surface area contributed by atoms with Crippen molar-refractivity contribution in [3.05, 3.63) is 29.8 Å². The molecule has 0 aliphatic carbocycles. The number of anilines is 1. The van der Waals surface area contributed by atoms with Gasteiger partial charge < -0.3 is 15.8 Å². The number of ketones is 1. The number of ether oxygens (including phenoxy) is 1. The minimum Gasteiger partial charge on any atom is -0.469 e. The summed E-state index contributed by atoms with van der Waals surface area (Å²) in [5.41, 5.74) is 6.59. The number of hydrogen-bond donors (Lipinski definition) is 2. The number of nitrogens with one attached hydrogen (secondary N) is 1. The van der Waals surface area contributed by atoms with E-state index >= 15 is 0 Å². The molecule has 0 bridgehead atoms. The average molecular weight is 264 g/mol. The number of carbonyl (C=O) groups is 3. The lowest BCUT2D eigenvalue weighted by Crippen LogP contribution is -2.33. The molecule has 0 spiro atoms. The molecule has 1 rings (SSSR count). The Morgan fingerprint density at radius 2 is 1.84 bits per heavy atom. The number of amides is 1. The SMILES string of the molecule is COC(=O)CC(N)C(=O)c1ccc(NC(C)=O)cc1. The Morgan fingerprint density at radius 1 is 1.26 bits per heavy atom. The Balaban J connectivity index is 2.72. The minimum atomic E-state index is -0.931. The molecule has 0 radical (unpaired) electrons. The van der Waals surface area contributed by atoms with Crippen molar-refractivity contribution in [3.8, 4) is 0 Å². The molecule has 0 saturated heterocycles. The summed E-state index contributed by atoms with van der Waals surface area (Å²) in [6.07, 6.45) is -0.164. The van der Waals surface area contributed by atoms with Crippen LogP contribution in [0.4, 0.5) is 5.69 Å². The molecular weight excluding hydrogens is 248 g/mol. The van der Waals surface area contributed by atoms with Crippen LogP contribution in [0, 0.1) is 0 Å². The van der Waals surface area contributed by atoms with Gasteiger partial charge in [-0.2, -0.15) is 0 Å². The lowest BCUT2D eigenvalue weighted by atomic mass is 10.0. The molecule has 0 saturated carbocycles. The second-order valence-corrected chi connectivity index (χ2v) is 4.01. The van der Waals surface area contributed by atoms with E-state index in [4.69, 9.17) is 5.73 Å². The van der Waals surface area contributed by atoms with Gasteiger partial charge in [0.2, 0.25) is 5.91 Å². The van der Waals surface area contributed by atoms with Crippen molar-refractivity contribution in [3.63, 3.8) is 0 Å². The van der Waals surface area contributed by atoms with Gasteiger partial charge >= 0.3 is 5.97 Å². The van der Waals surface area contributed by atoms with Gasteiger partial charge in [0, 0.05) is 18.2 Å². The Hall–Kier alpha value is -2.21. The summed E-state index contributed by atoms with van der Waals surface area (Å²) in [6, 6.07) is 5.35. The number of rotatable bonds is 5. The average Bonchev–Trinajstić information content (AvgIpc) is 2.37. The first-order chi connectivity index (χ1) is 8.93. The maximum absolute atomic E-state index is 11.9. The topological polar surface area (TPSA) is 98.5 Å². The minimum absolute atomic E-state index is 0.164. The molecule has 1 amide bonds. The Kier molecular flexibility index (Phi) is 5.20. The second kappa shape index (κ2) is 6.65. The van der Waals surface area contributed by atoms with Crippen LogP contribution in [-0.2, 0) is 14.3 Å². The van der Waals surface area contributed by atoms with Gasteiger partial charge in [-0.3, -0.25) is 14.4 Å². The van der Waals surface area contributed by atoms with Gasteiger partial charge in [0.05, 0.1) is 19.6 Å². The van der Waals surface area contributed by atoms with Gasteiger partial charge in [-0.25, -0.2) is 0 Å². The van der Waals surface area contributed by atoms with Crippen LogP contribution in [0.2, 0.25) is 0 Å². The number of methoxy groups -OCH3 is 1. The molecule has 0 aliphatic rings. The zero-order chi connectivity index (χ0) is 14.4. The molecule has 102 valence electrons. The second-order valence-electron chi connectivity index (χ2n) is 4.01. The van der Waals surface area contributed by atoms with E-state index in [0.29, 0.717) is 11.3 Å². The van der Waals surface area contributed by atoms with Crippen LogP contribution in [0.5, 0.6) is 0 Å². The molecule has 1 aromatic rings. The van der Waals surface area contributed by atoms with Crippen LogP contribution in [0.3, 0.4) is 0 Å². The van der Waals surface area contributed by atoms with E-state index in [1.165, 1.54) is 14.0 Å². The molecule has 6 heteroatoms. The fourth-order valence-electron chi connectivity index (χ4n) is 1.49. The molecule has 0 aliphatic heterocycles.